The predicted octanol–water partition coefficient (Wildman–Crippen LogP) is 3.11. The number of nitrogens with zero attached hydrogens (tertiary/aromatic N) is 2. The van der Waals surface area contributed by atoms with E-state index in [9.17, 15) is 4.39 Å². The topological polar surface area (TPSA) is 17.3 Å². The van der Waals surface area contributed by atoms with E-state index in [4.69, 9.17) is 0 Å². The molecule has 14 heavy (non-hydrogen) atoms. The third kappa shape index (κ3) is 1.17. The molecule has 72 valence electrons. The summed E-state index contributed by atoms with van der Waals surface area (Å²) in [6, 6.07) is 3.14. The van der Waals surface area contributed by atoms with Crippen molar-refractivity contribution < 1.29 is 4.39 Å². The molecule has 0 spiro atoms. The Morgan fingerprint density at radius 1 is 1.43 bits per heavy atom. The largest absolute Gasteiger partial charge is 0.300 e. The molecule has 0 N–H and O–H groups in total. The third-order valence-electron chi connectivity index (χ3n) is 2.54. The molecule has 0 atom stereocenters. The van der Waals surface area contributed by atoms with Crippen molar-refractivity contribution in [3.8, 4) is 0 Å². The minimum Gasteiger partial charge on any atom is -0.300 e. The van der Waals surface area contributed by atoms with Gasteiger partial charge >= 0.3 is 0 Å². The molecule has 2 nitrogen and oxygen atoms in total. The maximum absolute atomic E-state index is 13.0. The lowest BCUT2D eigenvalue weighted by atomic mass is 10.3. The van der Waals surface area contributed by atoms with Crippen LogP contribution < -0.4 is 0 Å². The van der Waals surface area contributed by atoms with Crippen LogP contribution in [-0.4, -0.2) is 9.38 Å². The Bertz CT molecular complexity index is 502. The van der Waals surface area contributed by atoms with Crippen molar-refractivity contribution >= 4 is 21.6 Å². The van der Waals surface area contributed by atoms with Crippen molar-refractivity contribution in [2.24, 2.45) is 0 Å². The van der Waals surface area contributed by atoms with Gasteiger partial charge < -0.3 is 0 Å². The number of hydrogen-bond donors (Lipinski definition) is 0. The molecule has 0 amide bonds. The van der Waals surface area contributed by atoms with Crippen LogP contribution in [-0.2, 0) is 0 Å². The fourth-order valence-corrected chi connectivity index (χ4v) is 2.43. The Morgan fingerprint density at radius 2 is 2.21 bits per heavy atom. The summed E-state index contributed by atoms with van der Waals surface area (Å²) < 4.78 is 15.7. The van der Waals surface area contributed by atoms with Crippen LogP contribution in [0, 0.1) is 5.82 Å². The zero-order valence-corrected chi connectivity index (χ0v) is 8.96. The van der Waals surface area contributed by atoms with E-state index in [-0.39, 0.29) is 5.82 Å². The minimum absolute atomic E-state index is 0.218. The smallest absolute Gasteiger partial charge is 0.139 e. The van der Waals surface area contributed by atoms with Crippen LogP contribution in [0.3, 0.4) is 0 Å². The van der Waals surface area contributed by atoms with Crippen molar-refractivity contribution in [2.75, 3.05) is 0 Å². The van der Waals surface area contributed by atoms with E-state index in [1.807, 2.05) is 4.40 Å². The highest BCUT2D eigenvalue weighted by molar-refractivity contribution is 9.10. The van der Waals surface area contributed by atoms with Crippen LogP contribution in [0.4, 0.5) is 4.39 Å². The van der Waals surface area contributed by atoms with Gasteiger partial charge in [-0.15, -0.1) is 0 Å². The first-order chi connectivity index (χ1) is 6.75. The molecule has 1 fully saturated rings. The van der Waals surface area contributed by atoms with E-state index in [1.165, 1.54) is 25.1 Å². The maximum atomic E-state index is 13.0. The van der Waals surface area contributed by atoms with Gasteiger partial charge in [-0.05, 0) is 40.9 Å². The van der Waals surface area contributed by atoms with Crippen molar-refractivity contribution in [1.82, 2.24) is 9.38 Å². The first-order valence-electron chi connectivity index (χ1n) is 4.59. The molecule has 1 aliphatic carbocycles. The highest BCUT2D eigenvalue weighted by atomic mass is 79.9. The van der Waals surface area contributed by atoms with Gasteiger partial charge in [0.1, 0.15) is 16.1 Å². The molecule has 0 saturated heterocycles. The van der Waals surface area contributed by atoms with Crippen LogP contribution in [0.2, 0.25) is 0 Å². The summed E-state index contributed by atoms with van der Waals surface area (Å²) in [6.45, 7) is 0. The number of rotatable bonds is 1. The Hall–Kier alpha value is -0.900. The van der Waals surface area contributed by atoms with Crippen molar-refractivity contribution in [1.29, 1.82) is 0 Å². The highest BCUT2D eigenvalue weighted by Crippen LogP contribution is 2.43. The lowest BCUT2D eigenvalue weighted by Gasteiger charge is -1.99. The van der Waals surface area contributed by atoms with E-state index in [0.717, 1.165) is 15.9 Å². The molecular weight excluding hydrogens is 247 g/mol. The number of imidazole rings is 1. The van der Waals surface area contributed by atoms with E-state index in [0.29, 0.717) is 5.92 Å². The van der Waals surface area contributed by atoms with E-state index in [1.54, 1.807) is 6.07 Å². The zero-order chi connectivity index (χ0) is 9.71. The Balaban J connectivity index is 2.34. The van der Waals surface area contributed by atoms with E-state index >= 15 is 0 Å². The predicted molar refractivity (Wildman–Crippen MR) is 54.8 cm³/mol. The zero-order valence-electron chi connectivity index (χ0n) is 7.37. The normalized spacial score (nSPS) is 16.4. The van der Waals surface area contributed by atoms with Gasteiger partial charge in [0.05, 0.1) is 5.69 Å². The molecule has 2 heterocycles. The van der Waals surface area contributed by atoms with Crippen molar-refractivity contribution in [3.63, 3.8) is 0 Å². The lowest BCUT2D eigenvalue weighted by Crippen LogP contribution is -1.91. The average molecular weight is 255 g/mol. The van der Waals surface area contributed by atoms with Crippen LogP contribution in [0.5, 0.6) is 0 Å². The summed E-state index contributed by atoms with van der Waals surface area (Å²) in [5.74, 6) is 0.338. The van der Waals surface area contributed by atoms with Crippen molar-refractivity contribution in [3.05, 3.63) is 34.4 Å². The first kappa shape index (κ1) is 8.41. The quantitative estimate of drug-likeness (QED) is 0.765. The monoisotopic (exact) mass is 254 g/mol. The fraction of sp³-hybridized carbons (Fsp3) is 0.300. The molecule has 4 heteroatoms. The van der Waals surface area contributed by atoms with E-state index in [2.05, 4.69) is 20.9 Å². The van der Waals surface area contributed by atoms with Crippen molar-refractivity contribution in [2.45, 2.75) is 18.8 Å². The first-order valence-corrected chi connectivity index (χ1v) is 5.38. The van der Waals surface area contributed by atoms with Gasteiger partial charge in [-0.2, -0.15) is 0 Å². The molecule has 2 aromatic rings. The van der Waals surface area contributed by atoms with Crippen LogP contribution >= 0.6 is 15.9 Å². The Kier molecular flexibility index (Phi) is 1.68. The summed E-state index contributed by atoms with van der Waals surface area (Å²) in [5, 5.41) is 0. The summed E-state index contributed by atoms with van der Waals surface area (Å²) in [6.07, 6.45) is 3.87. The van der Waals surface area contributed by atoms with Crippen LogP contribution in [0.25, 0.3) is 5.65 Å². The van der Waals surface area contributed by atoms with Gasteiger partial charge in [0, 0.05) is 12.1 Å². The Morgan fingerprint density at radius 3 is 2.93 bits per heavy atom. The minimum atomic E-state index is -0.218. The summed E-state index contributed by atoms with van der Waals surface area (Å²) in [4.78, 5) is 4.33. The number of pyridine rings is 1. The molecule has 0 bridgehead atoms. The third-order valence-corrected chi connectivity index (χ3v) is 3.12. The van der Waals surface area contributed by atoms with Gasteiger partial charge in [0.25, 0.3) is 0 Å². The second-order valence-corrected chi connectivity index (χ2v) is 4.39. The van der Waals surface area contributed by atoms with E-state index < -0.39 is 0 Å². The fourth-order valence-electron chi connectivity index (χ4n) is 1.73. The molecule has 2 aromatic heterocycles. The molecule has 0 aliphatic heterocycles. The average Bonchev–Trinajstić information content (AvgIpc) is 2.90. The van der Waals surface area contributed by atoms with Gasteiger partial charge in [-0.25, -0.2) is 9.37 Å². The molecular formula is C10H8BrFN2. The lowest BCUT2D eigenvalue weighted by molar-refractivity contribution is 0.617. The van der Waals surface area contributed by atoms with Gasteiger partial charge in [0.15, 0.2) is 0 Å². The Labute approximate surface area is 88.9 Å². The molecule has 0 unspecified atom stereocenters. The van der Waals surface area contributed by atoms with Gasteiger partial charge in [-0.1, -0.05) is 0 Å². The van der Waals surface area contributed by atoms with Gasteiger partial charge in [0.2, 0.25) is 0 Å². The summed E-state index contributed by atoms with van der Waals surface area (Å²) in [7, 11) is 0. The summed E-state index contributed by atoms with van der Waals surface area (Å²) in [5.41, 5.74) is 1.92. The second-order valence-electron chi connectivity index (χ2n) is 3.64. The van der Waals surface area contributed by atoms with Gasteiger partial charge in [-0.3, -0.25) is 4.40 Å². The molecule has 1 saturated carbocycles. The summed E-state index contributed by atoms with van der Waals surface area (Å²) >= 11 is 3.42. The molecule has 0 radical (unpaired) electrons. The SMILES string of the molecule is Fc1ccc2nc(Br)c(C3CC3)n2c1. The van der Waals surface area contributed by atoms with Crippen LogP contribution in [0.1, 0.15) is 24.5 Å². The maximum Gasteiger partial charge on any atom is 0.139 e. The number of halogens is 2. The van der Waals surface area contributed by atoms with Crippen LogP contribution in [0.15, 0.2) is 22.9 Å². The molecule has 0 aromatic carbocycles. The standard InChI is InChI=1S/C10H8BrFN2/c11-10-9(6-1-2-6)14-5-7(12)3-4-8(14)13-10/h3-6H,1-2H2. The highest BCUT2D eigenvalue weighted by Gasteiger charge is 2.29. The molecule has 1 aliphatic rings. The second kappa shape index (κ2) is 2.79. The molecule has 3 rings (SSSR count). The number of fused-ring (bicyclic) bond motifs is 1. The number of aromatic nitrogens is 2. The number of hydrogen-bond acceptors (Lipinski definition) is 1.